The Bertz CT molecular complexity index is 1510. The number of halogens is 5. The van der Waals surface area contributed by atoms with E-state index in [0.29, 0.717) is 6.07 Å². The lowest BCUT2D eigenvalue weighted by atomic mass is 10.1. The number of H-pyrrole nitrogens is 1. The molecule has 1 aromatic carbocycles. The third-order valence-corrected chi connectivity index (χ3v) is 6.20. The minimum absolute atomic E-state index is 0.0364. The van der Waals surface area contributed by atoms with E-state index in [4.69, 9.17) is 23.2 Å². The highest BCUT2D eigenvalue weighted by Gasteiger charge is 2.35. The van der Waals surface area contributed by atoms with Crippen molar-refractivity contribution in [2.45, 2.75) is 11.1 Å². The van der Waals surface area contributed by atoms with Gasteiger partial charge in [0, 0.05) is 6.20 Å². The van der Waals surface area contributed by atoms with Crippen LogP contribution >= 0.6 is 23.2 Å². The summed E-state index contributed by atoms with van der Waals surface area (Å²) < 4.78 is 67.2. The number of alkyl halides is 3. The molecule has 0 saturated carbocycles. The molecule has 170 valence electrons. The lowest BCUT2D eigenvalue weighted by Crippen LogP contribution is -2.18. The molecule has 3 heterocycles. The topological polar surface area (TPSA) is 131 Å². The number of aromatic amines is 1. The third kappa shape index (κ3) is 4.47. The van der Waals surface area contributed by atoms with E-state index >= 15 is 0 Å². The van der Waals surface area contributed by atoms with Crippen LogP contribution in [0.5, 0.6) is 0 Å². The SMILES string of the molecule is O=C(c1ncc(Cl)cc1NS(=O)(=O)c1ccc(Cl)c(C(F)(F)F)c1)c1ncnc2nc[nH]c12. The van der Waals surface area contributed by atoms with Gasteiger partial charge in [-0.2, -0.15) is 13.2 Å². The Morgan fingerprint density at radius 2 is 1.79 bits per heavy atom. The Kier molecular flexibility index (Phi) is 5.72. The number of imidazole rings is 1. The van der Waals surface area contributed by atoms with E-state index in [0.717, 1.165) is 30.7 Å². The van der Waals surface area contributed by atoms with Crippen molar-refractivity contribution in [1.29, 1.82) is 0 Å². The molecule has 4 aromatic rings. The van der Waals surface area contributed by atoms with Gasteiger partial charge in [0.2, 0.25) is 5.78 Å². The number of sulfonamides is 1. The van der Waals surface area contributed by atoms with Crippen molar-refractivity contribution >= 4 is 55.9 Å². The third-order valence-electron chi connectivity index (χ3n) is 4.31. The summed E-state index contributed by atoms with van der Waals surface area (Å²) in [7, 11) is -4.61. The molecular weight excluding hydrogens is 508 g/mol. The molecule has 0 bridgehead atoms. The van der Waals surface area contributed by atoms with Gasteiger partial charge in [0.25, 0.3) is 10.0 Å². The summed E-state index contributed by atoms with van der Waals surface area (Å²) in [6.45, 7) is 0. The van der Waals surface area contributed by atoms with Crippen LogP contribution in [-0.2, 0) is 16.2 Å². The van der Waals surface area contributed by atoms with Gasteiger partial charge in [-0.25, -0.2) is 28.4 Å². The Labute approximate surface area is 193 Å². The Morgan fingerprint density at radius 3 is 2.52 bits per heavy atom. The molecule has 15 heteroatoms. The lowest BCUT2D eigenvalue weighted by molar-refractivity contribution is -0.137. The molecular formula is C18H9Cl2F3N6O3S. The number of aromatic nitrogens is 5. The molecule has 0 aliphatic heterocycles. The average Bonchev–Trinajstić information content (AvgIpc) is 3.21. The monoisotopic (exact) mass is 516 g/mol. The van der Waals surface area contributed by atoms with E-state index < -0.39 is 43.2 Å². The molecule has 4 rings (SSSR count). The van der Waals surface area contributed by atoms with Gasteiger partial charge in [-0.3, -0.25) is 9.52 Å². The number of hydrogen-bond acceptors (Lipinski definition) is 7. The number of rotatable bonds is 5. The number of benzene rings is 1. The minimum Gasteiger partial charge on any atom is -0.341 e. The summed E-state index contributed by atoms with van der Waals surface area (Å²) in [5.41, 5.74) is -1.90. The number of hydrogen-bond donors (Lipinski definition) is 2. The first-order chi connectivity index (χ1) is 15.5. The van der Waals surface area contributed by atoms with E-state index in [2.05, 4.69) is 29.6 Å². The number of ketones is 1. The van der Waals surface area contributed by atoms with E-state index in [1.165, 1.54) is 6.33 Å². The molecule has 0 unspecified atom stereocenters. The second-order valence-corrected chi connectivity index (χ2v) is 8.97. The van der Waals surface area contributed by atoms with E-state index in [1.54, 1.807) is 0 Å². The molecule has 0 radical (unpaired) electrons. The quantitative estimate of drug-likeness (QED) is 0.381. The number of pyridine rings is 1. The maximum atomic E-state index is 13.2. The summed E-state index contributed by atoms with van der Waals surface area (Å²) in [6.07, 6.45) is -1.41. The van der Waals surface area contributed by atoms with Crippen molar-refractivity contribution in [2.75, 3.05) is 4.72 Å². The standard InChI is InChI=1S/C18H9Cl2F3N6O3S/c19-8-3-12(29-33(31,32)9-1-2-11(20)10(4-9)18(21,22)23)13(24-5-8)16(30)14-15-17(27-6-25-14)28-7-26-15/h1-7,29H,(H,25,26,27,28). The second kappa shape index (κ2) is 8.24. The van der Waals surface area contributed by atoms with Crippen molar-refractivity contribution in [1.82, 2.24) is 24.9 Å². The fraction of sp³-hybridized carbons (Fsp3) is 0.0556. The molecule has 0 amide bonds. The fourth-order valence-corrected chi connectivity index (χ4v) is 4.31. The first kappa shape index (κ1) is 22.9. The van der Waals surface area contributed by atoms with Gasteiger partial charge in [0.1, 0.15) is 23.2 Å². The highest BCUT2D eigenvalue weighted by atomic mass is 35.5. The predicted molar refractivity (Wildman–Crippen MR) is 112 cm³/mol. The maximum absolute atomic E-state index is 13.2. The zero-order chi connectivity index (χ0) is 24.0. The number of nitrogens with zero attached hydrogens (tertiary/aromatic N) is 4. The molecule has 2 N–H and O–H groups in total. The van der Waals surface area contributed by atoms with Gasteiger partial charge in [-0.15, -0.1) is 0 Å². The Morgan fingerprint density at radius 1 is 1.03 bits per heavy atom. The number of carbonyl (C=O) groups excluding carboxylic acids is 1. The van der Waals surface area contributed by atoms with Crippen LogP contribution in [-0.4, -0.2) is 39.1 Å². The summed E-state index contributed by atoms with van der Waals surface area (Å²) in [5, 5.41) is -0.709. The molecule has 0 aliphatic carbocycles. The Hall–Kier alpha value is -3.29. The molecule has 0 aliphatic rings. The van der Waals surface area contributed by atoms with E-state index in [9.17, 15) is 26.4 Å². The number of nitrogens with one attached hydrogen (secondary N) is 2. The summed E-state index contributed by atoms with van der Waals surface area (Å²) >= 11 is 11.5. The zero-order valence-corrected chi connectivity index (χ0v) is 18.2. The number of carbonyl (C=O) groups is 1. The normalized spacial score (nSPS) is 12.2. The predicted octanol–water partition coefficient (Wildman–Crippen LogP) is 4.11. The van der Waals surface area contributed by atoms with Crippen LogP contribution in [0.1, 0.15) is 21.7 Å². The summed E-state index contributed by atoms with van der Waals surface area (Å²) in [4.78, 5) is 30.6. The first-order valence-electron chi connectivity index (χ1n) is 8.71. The van der Waals surface area contributed by atoms with Gasteiger partial charge < -0.3 is 4.98 Å². The molecule has 0 atom stereocenters. The molecule has 0 saturated heterocycles. The molecule has 3 aromatic heterocycles. The van der Waals surface area contributed by atoms with E-state index in [1.807, 2.05) is 0 Å². The van der Waals surface area contributed by atoms with Crippen LogP contribution in [0.3, 0.4) is 0 Å². The molecule has 0 fully saturated rings. The summed E-state index contributed by atoms with van der Waals surface area (Å²) in [5.74, 6) is -0.812. The van der Waals surface area contributed by atoms with Gasteiger partial charge in [-0.05, 0) is 24.3 Å². The van der Waals surface area contributed by atoms with Gasteiger partial charge >= 0.3 is 6.18 Å². The van der Waals surface area contributed by atoms with Gasteiger partial charge in [0.15, 0.2) is 5.65 Å². The highest BCUT2D eigenvalue weighted by molar-refractivity contribution is 7.92. The fourth-order valence-electron chi connectivity index (χ4n) is 2.84. The zero-order valence-electron chi connectivity index (χ0n) is 15.9. The van der Waals surface area contributed by atoms with Gasteiger partial charge in [-0.1, -0.05) is 23.2 Å². The van der Waals surface area contributed by atoms with Crippen LogP contribution in [0, 0.1) is 0 Å². The van der Waals surface area contributed by atoms with Crippen LogP contribution in [0.15, 0.2) is 48.0 Å². The van der Waals surface area contributed by atoms with Crippen molar-refractivity contribution in [3.8, 4) is 0 Å². The van der Waals surface area contributed by atoms with Crippen molar-refractivity contribution in [2.24, 2.45) is 0 Å². The van der Waals surface area contributed by atoms with Crippen LogP contribution in [0.25, 0.3) is 11.2 Å². The molecule has 33 heavy (non-hydrogen) atoms. The minimum atomic E-state index is -4.89. The molecule has 9 nitrogen and oxygen atoms in total. The largest absolute Gasteiger partial charge is 0.417 e. The lowest BCUT2D eigenvalue weighted by Gasteiger charge is -2.14. The van der Waals surface area contributed by atoms with Crippen molar-refractivity contribution < 1.29 is 26.4 Å². The van der Waals surface area contributed by atoms with Crippen molar-refractivity contribution in [3.63, 3.8) is 0 Å². The number of fused-ring (bicyclic) bond motifs is 1. The van der Waals surface area contributed by atoms with Crippen LogP contribution in [0.2, 0.25) is 10.0 Å². The van der Waals surface area contributed by atoms with Gasteiger partial charge in [0.05, 0.1) is 32.5 Å². The maximum Gasteiger partial charge on any atom is 0.417 e. The number of anilines is 1. The summed E-state index contributed by atoms with van der Waals surface area (Å²) in [6, 6.07) is 3.16. The highest BCUT2D eigenvalue weighted by Crippen LogP contribution is 2.36. The second-order valence-electron chi connectivity index (χ2n) is 6.45. The van der Waals surface area contributed by atoms with Crippen LogP contribution < -0.4 is 4.72 Å². The molecule has 0 spiro atoms. The van der Waals surface area contributed by atoms with Crippen LogP contribution in [0.4, 0.5) is 18.9 Å². The Balaban J connectivity index is 1.78. The first-order valence-corrected chi connectivity index (χ1v) is 10.9. The van der Waals surface area contributed by atoms with E-state index in [-0.39, 0.29) is 27.6 Å². The van der Waals surface area contributed by atoms with Crippen molar-refractivity contribution in [3.05, 3.63) is 70.1 Å². The smallest absolute Gasteiger partial charge is 0.341 e. The average molecular weight is 517 g/mol.